The first-order valence-corrected chi connectivity index (χ1v) is 10.5. The quantitative estimate of drug-likeness (QED) is 0.450. The fourth-order valence-electron chi connectivity index (χ4n) is 3.71. The third-order valence-electron chi connectivity index (χ3n) is 5.31. The van der Waals surface area contributed by atoms with E-state index in [1.54, 1.807) is 34.9 Å². The number of carbonyl (C=O) groups excluding carboxylic acids is 4. The van der Waals surface area contributed by atoms with Crippen molar-refractivity contribution in [3.05, 3.63) is 64.7 Å². The van der Waals surface area contributed by atoms with Gasteiger partial charge in [0.1, 0.15) is 6.04 Å². The third-order valence-corrected chi connectivity index (χ3v) is 6.48. The molecule has 0 spiro atoms. The molecule has 7 nitrogen and oxygen atoms in total. The van der Waals surface area contributed by atoms with E-state index in [-0.39, 0.29) is 24.2 Å². The normalized spacial score (nSPS) is 18.2. The van der Waals surface area contributed by atoms with E-state index in [0.717, 1.165) is 16.0 Å². The molecule has 154 valence electrons. The second kappa shape index (κ2) is 8.31. The number of nitrogens with one attached hydrogen (secondary N) is 1. The predicted octanol–water partition coefficient (Wildman–Crippen LogP) is 2.53. The van der Waals surface area contributed by atoms with E-state index in [0.29, 0.717) is 29.8 Å². The summed E-state index contributed by atoms with van der Waals surface area (Å²) < 4.78 is 4.71. The molecule has 2 aliphatic rings. The number of hydrogen-bond donors (Lipinski definition) is 1. The van der Waals surface area contributed by atoms with E-state index in [1.165, 1.54) is 7.11 Å². The van der Waals surface area contributed by atoms with Crippen LogP contribution in [-0.2, 0) is 26.6 Å². The fourth-order valence-corrected chi connectivity index (χ4v) is 4.75. The Kier molecular flexibility index (Phi) is 5.59. The molecule has 8 heteroatoms. The van der Waals surface area contributed by atoms with Gasteiger partial charge >= 0.3 is 5.97 Å². The summed E-state index contributed by atoms with van der Waals surface area (Å²) >= 11 is 1.60. The number of piperidine rings is 1. The zero-order valence-corrected chi connectivity index (χ0v) is 17.2. The highest BCUT2D eigenvalue weighted by Crippen LogP contribution is 2.35. The average Bonchev–Trinajstić information content (AvgIpc) is 3.09. The summed E-state index contributed by atoms with van der Waals surface area (Å²) in [5.41, 5.74) is 3.04. The zero-order chi connectivity index (χ0) is 21.3. The van der Waals surface area contributed by atoms with E-state index in [4.69, 9.17) is 4.74 Å². The lowest BCUT2D eigenvalue weighted by Crippen LogP contribution is -2.52. The molecule has 0 bridgehead atoms. The van der Waals surface area contributed by atoms with Gasteiger partial charge in [0, 0.05) is 29.2 Å². The molecule has 2 aromatic rings. The van der Waals surface area contributed by atoms with Crippen LogP contribution in [0.15, 0.2) is 47.4 Å². The van der Waals surface area contributed by atoms with E-state index >= 15 is 0 Å². The van der Waals surface area contributed by atoms with E-state index in [9.17, 15) is 19.2 Å². The summed E-state index contributed by atoms with van der Waals surface area (Å²) in [6, 6.07) is 12.2. The number of carbonyl (C=O) groups is 4. The standard InChI is InChI=1S/C22H20N2O5S/c1-29-22(28)14-7-5-13(6-8-14)12-30-18-4-2-3-15-16(18)11-24(21(15)27)17-9-10-19(25)23-20(17)26/h2-8,17H,9-12H2,1H3,(H,23,25,26). The first-order valence-electron chi connectivity index (χ1n) is 9.54. The van der Waals surface area contributed by atoms with Gasteiger partial charge in [0.25, 0.3) is 5.91 Å². The smallest absolute Gasteiger partial charge is 0.337 e. The number of imide groups is 1. The second-order valence-electron chi connectivity index (χ2n) is 7.16. The average molecular weight is 424 g/mol. The maximum absolute atomic E-state index is 12.9. The molecule has 0 aromatic heterocycles. The largest absolute Gasteiger partial charge is 0.465 e. The Morgan fingerprint density at radius 1 is 1.17 bits per heavy atom. The van der Waals surface area contributed by atoms with Crippen molar-refractivity contribution < 1.29 is 23.9 Å². The molecule has 3 amide bonds. The minimum Gasteiger partial charge on any atom is -0.465 e. The number of nitrogens with zero attached hydrogens (tertiary/aromatic N) is 1. The van der Waals surface area contributed by atoms with Crippen LogP contribution in [0, 0.1) is 0 Å². The molecule has 2 aromatic carbocycles. The number of thioether (sulfide) groups is 1. The minimum absolute atomic E-state index is 0.177. The van der Waals surface area contributed by atoms with Crippen molar-refractivity contribution in [3.63, 3.8) is 0 Å². The summed E-state index contributed by atoms with van der Waals surface area (Å²) in [6.07, 6.45) is 0.582. The predicted molar refractivity (Wildman–Crippen MR) is 110 cm³/mol. The van der Waals surface area contributed by atoms with E-state index < -0.39 is 11.9 Å². The zero-order valence-electron chi connectivity index (χ0n) is 16.3. The van der Waals surface area contributed by atoms with Gasteiger partial charge in [0.15, 0.2) is 0 Å². The van der Waals surface area contributed by atoms with Crippen LogP contribution in [0.1, 0.15) is 44.7 Å². The first-order chi connectivity index (χ1) is 14.5. The maximum Gasteiger partial charge on any atom is 0.337 e. The van der Waals surface area contributed by atoms with Gasteiger partial charge in [-0.3, -0.25) is 19.7 Å². The molecule has 0 aliphatic carbocycles. The van der Waals surface area contributed by atoms with Crippen LogP contribution in [0.3, 0.4) is 0 Å². The molecule has 2 heterocycles. The number of fused-ring (bicyclic) bond motifs is 1. The molecule has 4 rings (SSSR count). The Morgan fingerprint density at radius 2 is 1.93 bits per heavy atom. The van der Waals surface area contributed by atoms with E-state index in [2.05, 4.69) is 5.32 Å². The van der Waals surface area contributed by atoms with Crippen LogP contribution in [-0.4, -0.2) is 41.7 Å². The molecular formula is C22H20N2O5S. The van der Waals surface area contributed by atoms with Gasteiger partial charge in [-0.1, -0.05) is 18.2 Å². The van der Waals surface area contributed by atoms with Crippen LogP contribution in [0.2, 0.25) is 0 Å². The third kappa shape index (κ3) is 3.82. The van der Waals surface area contributed by atoms with Gasteiger partial charge in [-0.2, -0.15) is 0 Å². The highest BCUT2D eigenvalue weighted by atomic mass is 32.2. The number of ether oxygens (including phenoxy) is 1. The number of methoxy groups -OCH3 is 1. The van der Waals surface area contributed by atoms with Gasteiger partial charge in [0.2, 0.25) is 11.8 Å². The van der Waals surface area contributed by atoms with E-state index in [1.807, 2.05) is 24.3 Å². The summed E-state index contributed by atoms with van der Waals surface area (Å²) in [6.45, 7) is 0.352. The molecule has 2 aliphatic heterocycles. The first kappa shape index (κ1) is 20.2. The second-order valence-corrected chi connectivity index (χ2v) is 8.18. The molecule has 1 atom stereocenters. The van der Waals surface area contributed by atoms with Crippen LogP contribution < -0.4 is 5.32 Å². The van der Waals surface area contributed by atoms with Crippen LogP contribution >= 0.6 is 11.8 Å². The topological polar surface area (TPSA) is 92.8 Å². The number of rotatable bonds is 5. The SMILES string of the molecule is COC(=O)c1ccc(CSc2cccc3c2CN(C2CCC(=O)NC2=O)C3=O)cc1. The van der Waals surface area contributed by atoms with Gasteiger partial charge in [-0.25, -0.2) is 4.79 Å². The molecule has 1 fully saturated rings. The highest BCUT2D eigenvalue weighted by molar-refractivity contribution is 7.98. The molecule has 0 saturated carbocycles. The fraction of sp³-hybridized carbons (Fsp3) is 0.273. The van der Waals surface area contributed by atoms with Crippen molar-refractivity contribution >= 4 is 35.5 Å². The van der Waals surface area contributed by atoms with Gasteiger partial charge < -0.3 is 9.64 Å². The van der Waals surface area contributed by atoms with Gasteiger partial charge in [0.05, 0.1) is 12.7 Å². The lowest BCUT2D eigenvalue weighted by molar-refractivity contribution is -0.136. The molecular weight excluding hydrogens is 404 g/mol. The molecule has 1 saturated heterocycles. The number of benzene rings is 2. The summed E-state index contributed by atoms with van der Waals surface area (Å²) in [5, 5.41) is 2.32. The number of esters is 1. The summed E-state index contributed by atoms with van der Waals surface area (Å²) in [7, 11) is 1.35. The van der Waals surface area contributed by atoms with Crippen molar-refractivity contribution in [2.24, 2.45) is 0 Å². The Hall–Kier alpha value is -3.13. The Labute approximate surface area is 177 Å². The Balaban J connectivity index is 1.48. The monoisotopic (exact) mass is 424 g/mol. The number of amides is 3. The molecule has 1 unspecified atom stereocenters. The van der Waals surface area contributed by atoms with Crippen molar-refractivity contribution in [1.82, 2.24) is 10.2 Å². The summed E-state index contributed by atoms with van der Waals surface area (Å²) in [5.74, 6) is -0.585. The minimum atomic E-state index is -0.619. The lowest BCUT2D eigenvalue weighted by Gasteiger charge is -2.29. The molecule has 0 radical (unpaired) electrons. The van der Waals surface area contributed by atoms with Crippen LogP contribution in [0.5, 0.6) is 0 Å². The van der Waals surface area contributed by atoms with Crippen molar-refractivity contribution in [2.75, 3.05) is 7.11 Å². The molecule has 30 heavy (non-hydrogen) atoms. The summed E-state index contributed by atoms with van der Waals surface area (Å²) in [4.78, 5) is 50.6. The Bertz CT molecular complexity index is 1030. The van der Waals surface area contributed by atoms with Gasteiger partial charge in [-0.15, -0.1) is 11.8 Å². The molecule has 1 N–H and O–H groups in total. The number of hydrogen-bond acceptors (Lipinski definition) is 6. The highest BCUT2D eigenvalue weighted by Gasteiger charge is 2.39. The lowest BCUT2D eigenvalue weighted by atomic mass is 10.0. The van der Waals surface area contributed by atoms with Crippen molar-refractivity contribution in [1.29, 1.82) is 0 Å². The van der Waals surface area contributed by atoms with Crippen LogP contribution in [0.4, 0.5) is 0 Å². The van der Waals surface area contributed by atoms with Crippen molar-refractivity contribution in [2.45, 2.75) is 36.1 Å². The van der Waals surface area contributed by atoms with Gasteiger partial charge in [-0.05, 0) is 41.8 Å². The Morgan fingerprint density at radius 3 is 2.63 bits per heavy atom. The maximum atomic E-state index is 12.9. The van der Waals surface area contributed by atoms with Crippen LogP contribution in [0.25, 0.3) is 0 Å². The van der Waals surface area contributed by atoms with Crippen molar-refractivity contribution in [3.8, 4) is 0 Å².